The Morgan fingerprint density at radius 1 is 1.09 bits per heavy atom. The molecule has 0 radical (unpaired) electrons. The summed E-state index contributed by atoms with van der Waals surface area (Å²) in [6.45, 7) is 1.96. The van der Waals surface area contributed by atoms with Crippen LogP contribution in [0.2, 0.25) is 0 Å². The fraction of sp³-hybridized carbons (Fsp3) is 0.167. The summed E-state index contributed by atoms with van der Waals surface area (Å²) < 4.78 is 10.6. The topological polar surface area (TPSA) is 63.4 Å². The summed E-state index contributed by atoms with van der Waals surface area (Å²) in [7, 11) is 3.15. The predicted octanol–water partition coefficient (Wildman–Crippen LogP) is 3.75. The number of hydrogen-bond acceptors (Lipinski definition) is 3. The van der Waals surface area contributed by atoms with Gasteiger partial charge in [-0.15, -0.1) is 0 Å². The van der Waals surface area contributed by atoms with Crippen molar-refractivity contribution in [2.75, 3.05) is 19.5 Å². The number of nitrogens with one attached hydrogen (secondary N) is 2. The molecule has 3 aromatic rings. The zero-order chi connectivity index (χ0) is 16.4. The van der Waals surface area contributed by atoms with Gasteiger partial charge >= 0.3 is 0 Å². The molecule has 2 N–H and O–H groups in total. The van der Waals surface area contributed by atoms with Crippen LogP contribution < -0.4 is 14.8 Å². The number of fused-ring (bicyclic) bond motifs is 1. The van der Waals surface area contributed by atoms with Crippen molar-refractivity contribution in [3.63, 3.8) is 0 Å². The molecular weight excluding hydrogens is 292 g/mol. The number of aromatic amines is 1. The quantitative estimate of drug-likeness (QED) is 0.771. The van der Waals surface area contributed by atoms with Crippen LogP contribution in [0.3, 0.4) is 0 Å². The van der Waals surface area contributed by atoms with E-state index in [1.54, 1.807) is 26.5 Å². The van der Waals surface area contributed by atoms with Crippen LogP contribution in [0.1, 0.15) is 15.9 Å². The third-order valence-electron chi connectivity index (χ3n) is 3.82. The third kappa shape index (κ3) is 2.73. The Morgan fingerprint density at radius 2 is 1.78 bits per heavy atom. The van der Waals surface area contributed by atoms with Crippen LogP contribution in [-0.4, -0.2) is 25.1 Å². The van der Waals surface area contributed by atoms with Crippen molar-refractivity contribution in [2.45, 2.75) is 6.92 Å². The fourth-order valence-corrected chi connectivity index (χ4v) is 2.54. The van der Waals surface area contributed by atoms with E-state index in [4.69, 9.17) is 9.47 Å². The van der Waals surface area contributed by atoms with E-state index < -0.39 is 0 Å². The number of carbonyl (C=O) groups excluding carboxylic acids is 1. The lowest BCUT2D eigenvalue weighted by atomic mass is 10.1. The van der Waals surface area contributed by atoms with E-state index in [-0.39, 0.29) is 5.91 Å². The monoisotopic (exact) mass is 310 g/mol. The van der Waals surface area contributed by atoms with Gasteiger partial charge in [0.05, 0.1) is 25.3 Å². The summed E-state index contributed by atoms with van der Waals surface area (Å²) in [5.41, 5.74) is 3.19. The number of para-hydroxylation sites is 1. The summed E-state index contributed by atoms with van der Waals surface area (Å²) >= 11 is 0. The average Bonchev–Trinajstić information content (AvgIpc) is 2.98. The van der Waals surface area contributed by atoms with Gasteiger partial charge < -0.3 is 19.8 Å². The highest BCUT2D eigenvalue weighted by Crippen LogP contribution is 2.33. The summed E-state index contributed by atoms with van der Waals surface area (Å²) in [5.74, 6) is 1.04. The molecule has 0 fully saturated rings. The first-order valence-electron chi connectivity index (χ1n) is 7.24. The molecule has 0 spiro atoms. The van der Waals surface area contributed by atoms with Crippen LogP contribution >= 0.6 is 0 Å². The molecule has 0 bridgehead atoms. The van der Waals surface area contributed by atoms with Gasteiger partial charge in [0.2, 0.25) is 0 Å². The molecule has 1 heterocycles. The van der Waals surface area contributed by atoms with Crippen LogP contribution in [0.15, 0.2) is 42.6 Å². The second kappa shape index (κ2) is 6.04. The smallest absolute Gasteiger partial charge is 0.257 e. The Kier molecular flexibility index (Phi) is 3.93. The Bertz CT molecular complexity index is 868. The number of aromatic nitrogens is 1. The largest absolute Gasteiger partial charge is 0.493 e. The highest BCUT2D eigenvalue weighted by molar-refractivity contribution is 6.13. The van der Waals surface area contributed by atoms with Gasteiger partial charge in [0.1, 0.15) is 0 Å². The first kappa shape index (κ1) is 15.0. The lowest BCUT2D eigenvalue weighted by molar-refractivity contribution is 0.102. The number of hydrogen-bond donors (Lipinski definition) is 2. The minimum Gasteiger partial charge on any atom is -0.493 e. The van der Waals surface area contributed by atoms with E-state index in [1.165, 1.54) is 0 Å². The lowest BCUT2D eigenvalue weighted by Gasteiger charge is -2.09. The van der Waals surface area contributed by atoms with E-state index in [1.807, 2.05) is 37.3 Å². The number of rotatable bonds is 4. The molecule has 0 saturated heterocycles. The summed E-state index contributed by atoms with van der Waals surface area (Å²) in [6.07, 6.45) is 1.69. The van der Waals surface area contributed by atoms with E-state index in [0.717, 1.165) is 22.2 Å². The standard InChI is InChI=1S/C18H18N2O3/c1-11-6-4-5-7-14(11)20-18(21)13-10-19-15-9-17(23-3)16(22-2)8-12(13)15/h4-10,19H,1-3H3,(H,20,21). The molecule has 23 heavy (non-hydrogen) atoms. The predicted molar refractivity (Wildman–Crippen MR) is 90.5 cm³/mol. The van der Waals surface area contributed by atoms with Crippen molar-refractivity contribution in [2.24, 2.45) is 0 Å². The first-order chi connectivity index (χ1) is 11.1. The molecule has 3 rings (SSSR count). The molecule has 2 aromatic carbocycles. The van der Waals surface area contributed by atoms with Gasteiger partial charge in [-0.1, -0.05) is 18.2 Å². The second-order valence-corrected chi connectivity index (χ2v) is 5.22. The number of ether oxygens (including phenoxy) is 2. The Hall–Kier alpha value is -2.95. The minimum atomic E-state index is -0.169. The molecule has 1 aromatic heterocycles. The first-order valence-corrected chi connectivity index (χ1v) is 7.24. The summed E-state index contributed by atoms with van der Waals surface area (Å²) in [4.78, 5) is 15.7. The van der Waals surface area contributed by atoms with Gasteiger partial charge in [-0.05, 0) is 24.6 Å². The van der Waals surface area contributed by atoms with E-state index >= 15 is 0 Å². The van der Waals surface area contributed by atoms with Gasteiger partial charge in [0.25, 0.3) is 5.91 Å². The Labute approximate surface area is 134 Å². The van der Waals surface area contributed by atoms with Gasteiger partial charge in [0.15, 0.2) is 11.5 Å². The second-order valence-electron chi connectivity index (χ2n) is 5.22. The number of aryl methyl sites for hydroxylation is 1. The lowest BCUT2D eigenvalue weighted by Crippen LogP contribution is -2.12. The van der Waals surface area contributed by atoms with Crippen LogP contribution in [0, 0.1) is 6.92 Å². The third-order valence-corrected chi connectivity index (χ3v) is 3.82. The molecule has 1 amide bonds. The van der Waals surface area contributed by atoms with Gasteiger partial charge in [-0.3, -0.25) is 4.79 Å². The van der Waals surface area contributed by atoms with Gasteiger partial charge in [-0.2, -0.15) is 0 Å². The van der Waals surface area contributed by atoms with Crippen LogP contribution in [0.4, 0.5) is 5.69 Å². The fourth-order valence-electron chi connectivity index (χ4n) is 2.54. The molecule has 0 unspecified atom stereocenters. The molecule has 118 valence electrons. The molecule has 0 saturated carbocycles. The maximum atomic E-state index is 12.6. The van der Waals surface area contributed by atoms with Crippen LogP contribution in [0.25, 0.3) is 10.9 Å². The van der Waals surface area contributed by atoms with E-state index in [0.29, 0.717) is 17.1 Å². The molecule has 0 atom stereocenters. The maximum Gasteiger partial charge on any atom is 0.257 e. The van der Waals surface area contributed by atoms with Crippen LogP contribution in [-0.2, 0) is 0 Å². The zero-order valence-electron chi connectivity index (χ0n) is 13.3. The molecule has 0 aliphatic carbocycles. The van der Waals surface area contributed by atoms with E-state index in [2.05, 4.69) is 10.3 Å². The van der Waals surface area contributed by atoms with Crippen molar-refractivity contribution >= 4 is 22.5 Å². The number of amides is 1. The van der Waals surface area contributed by atoms with Crippen molar-refractivity contribution < 1.29 is 14.3 Å². The minimum absolute atomic E-state index is 0.169. The Balaban J connectivity index is 1.99. The number of H-pyrrole nitrogens is 1. The molecule has 0 aliphatic heterocycles. The normalized spacial score (nSPS) is 10.6. The number of benzene rings is 2. The maximum absolute atomic E-state index is 12.6. The Morgan fingerprint density at radius 3 is 2.48 bits per heavy atom. The van der Waals surface area contributed by atoms with E-state index in [9.17, 15) is 4.79 Å². The average molecular weight is 310 g/mol. The number of methoxy groups -OCH3 is 2. The van der Waals surface area contributed by atoms with Crippen molar-refractivity contribution in [1.29, 1.82) is 0 Å². The SMILES string of the molecule is COc1cc2[nH]cc(C(=O)Nc3ccccc3C)c2cc1OC. The highest BCUT2D eigenvalue weighted by atomic mass is 16.5. The van der Waals surface area contributed by atoms with Crippen molar-refractivity contribution in [1.82, 2.24) is 4.98 Å². The molecular formula is C18H18N2O3. The van der Waals surface area contributed by atoms with Crippen molar-refractivity contribution in [3.8, 4) is 11.5 Å². The zero-order valence-corrected chi connectivity index (χ0v) is 13.3. The number of anilines is 1. The summed E-state index contributed by atoms with van der Waals surface area (Å²) in [6, 6.07) is 11.3. The van der Waals surface area contributed by atoms with Crippen molar-refractivity contribution in [3.05, 3.63) is 53.7 Å². The highest BCUT2D eigenvalue weighted by Gasteiger charge is 2.16. The van der Waals surface area contributed by atoms with Gasteiger partial charge in [0, 0.05) is 23.3 Å². The molecule has 0 aliphatic rings. The van der Waals surface area contributed by atoms with Crippen LogP contribution in [0.5, 0.6) is 11.5 Å². The number of carbonyl (C=O) groups is 1. The molecule has 5 heteroatoms. The summed E-state index contributed by atoms with van der Waals surface area (Å²) in [5, 5.41) is 3.73. The van der Waals surface area contributed by atoms with Gasteiger partial charge in [-0.25, -0.2) is 0 Å². The molecule has 5 nitrogen and oxygen atoms in total.